The van der Waals surface area contributed by atoms with Crippen molar-refractivity contribution in [1.82, 2.24) is 0 Å². The van der Waals surface area contributed by atoms with Crippen molar-refractivity contribution in [2.45, 2.75) is 65.4 Å². The van der Waals surface area contributed by atoms with Crippen molar-refractivity contribution in [3.05, 3.63) is 54.1 Å². The third kappa shape index (κ3) is 11.7. The lowest BCUT2D eigenvalue weighted by Gasteiger charge is -2.18. The fraction of sp³-hybridized carbons (Fsp3) is 0.407. The molecule has 2 aromatic rings. The van der Waals surface area contributed by atoms with Gasteiger partial charge < -0.3 is 38.9 Å². The number of rotatable bonds is 11. The Morgan fingerprint density at radius 3 is 1.90 bits per heavy atom. The lowest BCUT2D eigenvalue weighted by atomic mass is 10.1. The predicted molar refractivity (Wildman–Crippen MR) is 137 cm³/mol. The van der Waals surface area contributed by atoms with Gasteiger partial charge in [0, 0.05) is 0 Å². The molecule has 2 atom stereocenters. The zero-order valence-electron chi connectivity index (χ0n) is 22.4. The summed E-state index contributed by atoms with van der Waals surface area (Å²) in [5.74, 6) is -0.694. The molecule has 0 radical (unpaired) electrons. The summed E-state index contributed by atoms with van der Waals surface area (Å²) in [5.41, 5.74) is 6.47. The number of nitrogens with two attached hydrogens (primary N) is 1. The van der Waals surface area contributed by atoms with E-state index in [2.05, 4.69) is 0 Å². The first kappa shape index (κ1) is 30.9. The lowest BCUT2D eigenvalue weighted by Crippen LogP contribution is -2.37. The first-order valence-corrected chi connectivity index (χ1v) is 12.2. The number of carbonyl (C=O) groups is 4. The average Bonchev–Trinajstić information content (AvgIpc) is 2.84. The molecular formula is C27H33NO11. The first-order valence-electron chi connectivity index (χ1n) is 12.2. The number of ether oxygens (including phenoxy) is 7. The molecule has 12 heteroatoms. The second kappa shape index (κ2) is 15.2. The van der Waals surface area contributed by atoms with Crippen LogP contribution in [0.25, 0.3) is 0 Å². The summed E-state index contributed by atoms with van der Waals surface area (Å²) >= 11 is 0. The van der Waals surface area contributed by atoms with Gasteiger partial charge in [-0.15, -0.1) is 0 Å². The number of esters is 1. The SMILES string of the molecule is CC(C)OC(=O)Oc1ccc(C[C@H](N)C(=O)O[C@@H](C)COC(=O)Oc2ccccc2)cc1OC(=O)OC(C)C. The van der Waals surface area contributed by atoms with Gasteiger partial charge in [0.2, 0.25) is 0 Å². The van der Waals surface area contributed by atoms with E-state index in [9.17, 15) is 19.2 Å². The Morgan fingerprint density at radius 1 is 0.718 bits per heavy atom. The highest BCUT2D eigenvalue weighted by Crippen LogP contribution is 2.30. The van der Waals surface area contributed by atoms with Gasteiger partial charge in [-0.2, -0.15) is 0 Å². The van der Waals surface area contributed by atoms with Crippen LogP contribution in [0.15, 0.2) is 48.5 Å². The van der Waals surface area contributed by atoms with Crippen molar-refractivity contribution < 1.29 is 52.3 Å². The van der Waals surface area contributed by atoms with E-state index in [1.807, 2.05) is 0 Å². The Balaban J connectivity index is 1.97. The Kier molecular flexibility index (Phi) is 12.0. The number of benzene rings is 2. The van der Waals surface area contributed by atoms with Crippen LogP contribution >= 0.6 is 0 Å². The highest BCUT2D eigenvalue weighted by molar-refractivity contribution is 5.76. The molecule has 0 heterocycles. The van der Waals surface area contributed by atoms with E-state index in [0.29, 0.717) is 11.3 Å². The molecule has 2 N–H and O–H groups in total. The van der Waals surface area contributed by atoms with E-state index in [1.54, 1.807) is 58.0 Å². The highest BCUT2D eigenvalue weighted by atomic mass is 16.8. The molecule has 212 valence electrons. The summed E-state index contributed by atoms with van der Waals surface area (Å²) < 4.78 is 35.5. The van der Waals surface area contributed by atoms with Crippen molar-refractivity contribution in [2.24, 2.45) is 5.73 Å². The van der Waals surface area contributed by atoms with E-state index < -0.39 is 48.8 Å². The van der Waals surface area contributed by atoms with Crippen molar-refractivity contribution in [3.8, 4) is 17.2 Å². The minimum Gasteiger partial charge on any atom is -0.458 e. The topological polar surface area (TPSA) is 159 Å². The summed E-state index contributed by atoms with van der Waals surface area (Å²) in [5, 5.41) is 0. The zero-order chi connectivity index (χ0) is 28.9. The smallest absolute Gasteiger partial charge is 0.458 e. The lowest BCUT2D eigenvalue weighted by molar-refractivity contribution is -0.151. The second-order valence-electron chi connectivity index (χ2n) is 8.85. The summed E-state index contributed by atoms with van der Waals surface area (Å²) in [6.07, 6.45) is -4.68. The van der Waals surface area contributed by atoms with E-state index in [4.69, 9.17) is 38.9 Å². The highest BCUT2D eigenvalue weighted by Gasteiger charge is 2.22. The number of hydrogen-bond donors (Lipinski definition) is 1. The zero-order valence-corrected chi connectivity index (χ0v) is 22.4. The maximum atomic E-state index is 12.5. The molecule has 0 aliphatic rings. The molecule has 12 nitrogen and oxygen atoms in total. The summed E-state index contributed by atoms with van der Waals surface area (Å²) in [4.78, 5) is 48.3. The Bertz CT molecular complexity index is 1120. The molecule has 0 bridgehead atoms. The van der Waals surface area contributed by atoms with Crippen molar-refractivity contribution >= 4 is 24.4 Å². The van der Waals surface area contributed by atoms with E-state index in [-0.39, 0.29) is 24.5 Å². The Hall–Kier alpha value is -4.32. The fourth-order valence-electron chi connectivity index (χ4n) is 2.91. The first-order chi connectivity index (χ1) is 18.4. The number of carbonyl (C=O) groups excluding carboxylic acids is 4. The van der Waals surface area contributed by atoms with Crippen LogP contribution in [0.2, 0.25) is 0 Å². The van der Waals surface area contributed by atoms with Crippen molar-refractivity contribution in [1.29, 1.82) is 0 Å². The molecule has 39 heavy (non-hydrogen) atoms. The molecule has 0 saturated heterocycles. The molecule has 0 aliphatic heterocycles. The molecule has 0 aliphatic carbocycles. The van der Waals surface area contributed by atoms with Gasteiger partial charge in [-0.25, -0.2) is 14.4 Å². The summed E-state index contributed by atoms with van der Waals surface area (Å²) in [7, 11) is 0. The van der Waals surface area contributed by atoms with Gasteiger partial charge in [0.25, 0.3) is 0 Å². The van der Waals surface area contributed by atoms with E-state index in [0.717, 1.165) is 0 Å². The summed E-state index contributed by atoms with van der Waals surface area (Å²) in [6.45, 7) is 7.83. The van der Waals surface area contributed by atoms with E-state index in [1.165, 1.54) is 25.1 Å². The molecule has 0 spiro atoms. The van der Waals surface area contributed by atoms with Crippen LogP contribution in [0, 0.1) is 0 Å². The van der Waals surface area contributed by atoms with E-state index >= 15 is 0 Å². The van der Waals surface area contributed by atoms with Crippen LogP contribution < -0.4 is 19.9 Å². The third-order valence-electron chi connectivity index (χ3n) is 4.51. The molecule has 0 amide bonds. The molecule has 2 rings (SSSR count). The van der Waals surface area contributed by atoms with Crippen LogP contribution in [0.4, 0.5) is 14.4 Å². The minimum atomic E-state index is -1.11. The maximum Gasteiger partial charge on any atom is 0.514 e. The van der Waals surface area contributed by atoms with Crippen LogP contribution in [0.5, 0.6) is 17.2 Å². The van der Waals surface area contributed by atoms with Crippen molar-refractivity contribution in [3.63, 3.8) is 0 Å². The van der Waals surface area contributed by atoms with Gasteiger partial charge in [-0.05, 0) is 70.9 Å². The largest absolute Gasteiger partial charge is 0.514 e. The Labute approximate surface area is 226 Å². The molecule has 0 unspecified atom stereocenters. The van der Waals surface area contributed by atoms with Gasteiger partial charge in [-0.1, -0.05) is 24.3 Å². The van der Waals surface area contributed by atoms with Crippen LogP contribution in [-0.2, 0) is 30.2 Å². The van der Waals surface area contributed by atoms with Crippen LogP contribution in [-0.4, -0.2) is 55.4 Å². The van der Waals surface area contributed by atoms with Crippen molar-refractivity contribution in [2.75, 3.05) is 6.61 Å². The Morgan fingerprint density at radius 2 is 1.31 bits per heavy atom. The van der Waals surface area contributed by atoms with Crippen LogP contribution in [0.1, 0.15) is 40.2 Å². The number of para-hydroxylation sites is 1. The van der Waals surface area contributed by atoms with Crippen LogP contribution in [0.3, 0.4) is 0 Å². The van der Waals surface area contributed by atoms with Gasteiger partial charge in [0.15, 0.2) is 11.5 Å². The normalized spacial score (nSPS) is 12.2. The minimum absolute atomic E-state index is 0.0191. The molecule has 0 aromatic heterocycles. The molecule has 2 aromatic carbocycles. The molecule has 0 saturated carbocycles. The molecule has 0 fully saturated rings. The van der Waals surface area contributed by atoms with Gasteiger partial charge in [-0.3, -0.25) is 4.79 Å². The quantitative estimate of drug-likeness (QED) is 0.238. The third-order valence-corrected chi connectivity index (χ3v) is 4.51. The summed E-state index contributed by atoms with van der Waals surface area (Å²) in [6, 6.07) is 11.5. The predicted octanol–water partition coefficient (Wildman–Crippen LogP) is 4.55. The number of hydrogen-bond acceptors (Lipinski definition) is 12. The second-order valence-corrected chi connectivity index (χ2v) is 8.85. The maximum absolute atomic E-state index is 12.5. The van der Waals surface area contributed by atoms with Gasteiger partial charge in [0.05, 0.1) is 12.2 Å². The van der Waals surface area contributed by atoms with Gasteiger partial charge in [0.1, 0.15) is 24.5 Å². The fourth-order valence-corrected chi connectivity index (χ4v) is 2.91. The van der Waals surface area contributed by atoms with Gasteiger partial charge >= 0.3 is 24.4 Å². The monoisotopic (exact) mass is 547 g/mol. The average molecular weight is 548 g/mol. The standard InChI is InChI=1S/C27H33NO11/c1-16(2)34-26(31)38-22-12-11-19(14-23(22)39-27(32)35-17(3)4)13-21(28)24(29)36-18(5)15-33-25(30)37-20-9-7-6-8-10-20/h6-12,14,16-18,21H,13,15,28H2,1-5H3/t18-,21-/m0/s1. The molecular weight excluding hydrogens is 514 g/mol.